The SMILES string of the molecule is O=c1c2ccc(Cl)cc2nc(CC2CCCN2)n1Cc1ccccc1. The maximum absolute atomic E-state index is 13.1. The molecule has 3 aromatic rings. The van der Waals surface area contributed by atoms with Crippen molar-refractivity contribution in [1.82, 2.24) is 14.9 Å². The zero-order valence-corrected chi connectivity index (χ0v) is 14.7. The summed E-state index contributed by atoms with van der Waals surface area (Å²) < 4.78 is 1.81. The summed E-state index contributed by atoms with van der Waals surface area (Å²) in [5.41, 5.74) is 1.77. The number of rotatable bonds is 4. The Kier molecular flexibility index (Phi) is 4.55. The highest BCUT2D eigenvalue weighted by atomic mass is 35.5. The van der Waals surface area contributed by atoms with Gasteiger partial charge in [0.15, 0.2) is 0 Å². The van der Waals surface area contributed by atoms with E-state index in [0.717, 1.165) is 30.8 Å². The van der Waals surface area contributed by atoms with Crippen LogP contribution in [0.3, 0.4) is 0 Å². The molecule has 0 spiro atoms. The normalized spacial score (nSPS) is 17.2. The molecule has 4 nitrogen and oxygen atoms in total. The van der Waals surface area contributed by atoms with Crippen LogP contribution in [0.4, 0.5) is 0 Å². The third kappa shape index (κ3) is 3.46. The smallest absolute Gasteiger partial charge is 0.261 e. The lowest BCUT2D eigenvalue weighted by atomic mass is 10.1. The Morgan fingerprint density at radius 3 is 2.80 bits per heavy atom. The molecule has 0 radical (unpaired) electrons. The van der Waals surface area contributed by atoms with E-state index in [1.807, 2.05) is 34.9 Å². The van der Waals surface area contributed by atoms with E-state index in [0.29, 0.717) is 28.5 Å². The molecule has 1 fully saturated rings. The minimum Gasteiger partial charge on any atom is -0.314 e. The third-order valence-corrected chi connectivity index (χ3v) is 5.01. The largest absolute Gasteiger partial charge is 0.314 e. The molecule has 0 aliphatic carbocycles. The summed E-state index contributed by atoms with van der Waals surface area (Å²) in [6, 6.07) is 15.7. The number of aromatic nitrogens is 2. The highest BCUT2D eigenvalue weighted by Crippen LogP contribution is 2.18. The standard InChI is InChI=1S/C20H20ClN3O/c21-15-8-9-17-18(11-15)23-19(12-16-7-4-10-22-16)24(20(17)25)13-14-5-2-1-3-6-14/h1-3,5-6,8-9,11,16,22H,4,7,10,12-13H2. The van der Waals surface area contributed by atoms with Crippen LogP contribution >= 0.6 is 11.6 Å². The Labute approximate surface area is 151 Å². The fraction of sp³-hybridized carbons (Fsp3) is 0.300. The molecule has 0 amide bonds. The fourth-order valence-electron chi connectivity index (χ4n) is 3.48. The Bertz CT molecular complexity index is 946. The Morgan fingerprint density at radius 2 is 2.04 bits per heavy atom. The molecule has 1 unspecified atom stereocenters. The summed E-state index contributed by atoms with van der Waals surface area (Å²) in [5.74, 6) is 0.822. The quantitative estimate of drug-likeness (QED) is 0.782. The van der Waals surface area contributed by atoms with Crippen molar-refractivity contribution in [2.24, 2.45) is 0 Å². The molecule has 1 N–H and O–H groups in total. The van der Waals surface area contributed by atoms with Gasteiger partial charge in [0.2, 0.25) is 0 Å². The number of nitrogens with one attached hydrogen (secondary N) is 1. The molecule has 1 saturated heterocycles. The number of hydrogen-bond acceptors (Lipinski definition) is 3. The van der Waals surface area contributed by atoms with Gasteiger partial charge in [-0.2, -0.15) is 0 Å². The van der Waals surface area contributed by atoms with Gasteiger partial charge in [0, 0.05) is 17.5 Å². The number of benzene rings is 2. The molecule has 2 heterocycles. The first kappa shape index (κ1) is 16.3. The average molecular weight is 354 g/mol. The van der Waals surface area contributed by atoms with Gasteiger partial charge in [-0.3, -0.25) is 9.36 Å². The van der Waals surface area contributed by atoms with Gasteiger partial charge >= 0.3 is 0 Å². The van der Waals surface area contributed by atoms with Crippen LogP contribution in [0.2, 0.25) is 5.02 Å². The molecule has 2 aromatic carbocycles. The molecule has 25 heavy (non-hydrogen) atoms. The van der Waals surface area contributed by atoms with Crippen LogP contribution in [0.1, 0.15) is 24.2 Å². The van der Waals surface area contributed by atoms with Crippen LogP contribution in [0.25, 0.3) is 10.9 Å². The zero-order valence-electron chi connectivity index (χ0n) is 13.9. The molecule has 4 rings (SSSR count). The number of fused-ring (bicyclic) bond motifs is 1. The second-order valence-corrected chi connectivity index (χ2v) is 7.00. The van der Waals surface area contributed by atoms with Crippen molar-refractivity contribution >= 4 is 22.5 Å². The van der Waals surface area contributed by atoms with E-state index in [-0.39, 0.29) is 5.56 Å². The van der Waals surface area contributed by atoms with Crippen molar-refractivity contribution < 1.29 is 0 Å². The summed E-state index contributed by atoms with van der Waals surface area (Å²) in [5, 5.41) is 4.71. The van der Waals surface area contributed by atoms with Crippen LogP contribution in [0.5, 0.6) is 0 Å². The second kappa shape index (κ2) is 6.98. The summed E-state index contributed by atoms with van der Waals surface area (Å²) in [7, 11) is 0. The van der Waals surface area contributed by atoms with Gasteiger partial charge in [-0.1, -0.05) is 41.9 Å². The van der Waals surface area contributed by atoms with E-state index in [1.165, 1.54) is 6.42 Å². The minimum absolute atomic E-state index is 0.00137. The molecule has 5 heteroatoms. The molecule has 1 aliphatic rings. The summed E-state index contributed by atoms with van der Waals surface area (Å²) in [4.78, 5) is 17.9. The Morgan fingerprint density at radius 1 is 1.20 bits per heavy atom. The van der Waals surface area contributed by atoms with Gasteiger partial charge < -0.3 is 5.32 Å². The van der Waals surface area contributed by atoms with E-state index >= 15 is 0 Å². The van der Waals surface area contributed by atoms with Crippen LogP contribution < -0.4 is 10.9 Å². The average Bonchev–Trinajstić information content (AvgIpc) is 3.12. The molecular formula is C20H20ClN3O. The summed E-state index contributed by atoms with van der Waals surface area (Å²) in [6.07, 6.45) is 3.05. The number of nitrogens with zero attached hydrogens (tertiary/aromatic N) is 2. The van der Waals surface area contributed by atoms with Gasteiger partial charge in [-0.05, 0) is 43.1 Å². The lowest BCUT2D eigenvalue weighted by molar-refractivity contribution is 0.554. The summed E-state index contributed by atoms with van der Waals surface area (Å²) >= 11 is 6.10. The van der Waals surface area contributed by atoms with Crippen molar-refractivity contribution in [2.75, 3.05) is 6.54 Å². The maximum atomic E-state index is 13.1. The van der Waals surface area contributed by atoms with Crippen molar-refractivity contribution in [3.05, 3.63) is 75.3 Å². The van der Waals surface area contributed by atoms with Crippen molar-refractivity contribution in [2.45, 2.75) is 31.8 Å². The molecule has 1 aliphatic heterocycles. The van der Waals surface area contributed by atoms with E-state index in [4.69, 9.17) is 16.6 Å². The number of halogens is 1. The predicted octanol–water partition coefficient (Wildman–Crippen LogP) is 3.39. The van der Waals surface area contributed by atoms with Crippen molar-refractivity contribution in [3.8, 4) is 0 Å². The van der Waals surface area contributed by atoms with Gasteiger partial charge in [-0.25, -0.2) is 4.98 Å². The molecule has 128 valence electrons. The maximum Gasteiger partial charge on any atom is 0.261 e. The first-order valence-corrected chi connectivity index (χ1v) is 9.05. The highest BCUT2D eigenvalue weighted by Gasteiger charge is 2.19. The monoisotopic (exact) mass is 353 g/mol. The van der Waals surface area contributed by atoms with Crippen LogP contribution in [0, 0.1) is 0 Å². The van der Waals surface area contributed by atoms with Crippen molar-refractivity contribution in [3.63, 3.8) is 0 Å². The first-order valence-electron chi connectivity index (χ1n) is 8.67. The molecule has 1 atom stereocenters. The lowest BCUT2D eigenvalue weighted by Crippen LogP contribution is -2.31. The van der Waals surface area contributed by atoms with Crippen LogP contribution in [-0.2, 0) is 13.0 Å². The van der Waals surface area contributed by atoms with Gasteiger partial charge in [0.1, 0.15) is 5.82 Å². The van der Waals surface area contributed by atoms with E-state index in [9.17, 15) is 4.79 Å². The highest BCUT2D eigenvalue weighted by molar-refractivity contribution is 6.31. The predicted molar refractivity (Wildman–Crippen MR) is 101 cm³/mol. The van der Waals surface area contributed by atoms with Gasteiger partial charge in [0.05, 0.1) is 17.4 Å². The lowest BCUT2D eigenvalue weighted by Gasteiger charge is -2.17. The second-order valence-electron chi connectivity index (χ2n) is 6.56. The zero-order chi connectivity index (χ0) is 17.2. The molecule has 0 bridgehead atoms. The Hall–Kier alpha value is -2.17. The Balaban J connectivity index is 1.83. The van der Waals surface area contributed by atoms with Gasteiger partial charge in [-0.15, -0.1) is 0 Å². The van der Waals surface area contributed by atoms with E-state index < -0.39 is 0 Å². The molecule has 1 aromatic heterocycles. The topological polar surface area (TPSA) is 46.9 Å². The van der Waals surface area contributed by atoms with Crippen molar-refractivity contribution in [1.29, 1.82) is 0 Å². The van der Waals surface area contributed by atoms with Crippen LogP contribution in [0.15, 0.2) is 53.3 Å². The van der Waals surface area contributed by atoms with Gasteiger partial charge in [0.25, 0.3) is 5.56 Å². The van der Waals surface area contributed by atoms with Crippen LogP contribution in [-0.4, -0.2) is 22.1 Å². The molecular weight excluding hydrogens is 334 g/mol. The van der Waals surface area contributed by atoms with E-state index in [1.54, 1.807) is 18.2 Å². The van der Waals surface area contributed by atoms with E-state index in [2.05, 4.69) is 5.32 Å². The number of hydrogen-bond donors (Lipinski definition) is 1. The fourth-order valence-corrected chi connectivity index (χ4v) is 3.64. The molecule has 0 saturated carbocycles. The summed E-state index contributed by atoms with van der Waals surface area (Å²) in [6.45, 7) is 1.57. The first-order chi connectivity index (χ1) is 12.2. The third-order valence-electron chi connectivity index (χ3n) is 4.77. The minimum atomic E-state index is -0.00137.